The minimum Gasteiger partial charge on any atom is -0.352 e. The standard InChI is InChI=1S/C18H15F2N5O/c19-12-3-4-15-14(8-12)16(23-11-22-15)25-7-5-18(20,10-25)17(26)24-13-2-1-6-21-9-13/h1-4,6,8-9,11H,5,7,10H2,(H,24,26). The highest BCUT2D eigenvalue weighted by molar-refractivity contribution is 5.98. The number of anilines is 2. The number of alkyl halides is 1. The zero-order valence-corrected chi connectivity index (χ0v) is 13.7. The maximum absolute atomic E-state index is 15.2. The number of pyridine rings is 1. The van der Waals surface area contributed by atoms with Gasteiger partial charge in [0.2, 0.25) is 5.67 Å². The highest BCUT2D eigenvalue weighted by atomic mass is 19.1. The lowest BCUT2D eigenvalue weighted by Crippen LogP contribution is -2.41. The van der Waals surface area contributed by atoms with Crippen molar-refractivity contribution < 1.29 is 13.6 Å². The van der Waals surface area contributed by atoms with Gasteiger partial charge < -0.3 is 10.2 Å². The molecule has 2 aromatic heterocycles. The number of rotatable bonds is 3. The topological polar surface area (TPSA) is 71.0 Å². The van der Waals surface area contributed by atoms with Gasteiger partial charge in [-0.3, -0.25) is 9.78 Å². The van der Waals surface area contributed by atoms with Gasteiger partial charge in [-0.05, 0) is 30.3 Å². The summed E-state index contributed by atoms with van der Waals surface area (Å²) < 4.78 is 28.8. The van der Waals surface area contributed by atoms with E-state index in [0.29, 0.717) is 29.0 Å². The van der Waals surface area contributed by atoms with Crippen molar-refractivity contribution in [3.8, 4) is 0 Å². The molecule has 8 heteroatoms. The van der Waals surface area contributed by atoms with Crippen LogP contribution in [0.25, 0.3) is 10.9 Å². The van der Waals surface area contributed by atoms with Gasteiger partial charge in [-0.15, -0.1) is 0 Å². The van der Waals surface area contributed by atoms with Crippen LogP contribution in [0.15, 0.2) is 49.1 Å². The van der Waals surface area contributed by atoms with Crippen LogP contribution < -0.4 is 10.2 Å². The summed E-state index contributed by atoms with van der Waals surface area (Å²) >= 11 is 0. The molecule has 1 aromatic carbocycles. The second-order valence-corrected chi connectivity index (χ2v) is 6.19. The fraction of sp³-hybridized carbons (Fsp3) is 0.222. The van der Waals surface area contributed by atoms with Crippen LogP contribution in [0.1, 0.15) is 6.42 Å². The van der Waals surface area contributed by atoms with Gasteiger partial charge in [-0.2, -0.15) is 0 Å². The van der Waals surface area contributed by atoms with Gasteiger partial charge in [0.25, 0.3) is 5.91 Å². The first-order valence-corrected chi connectivity index (χ1v) is 8.11. The van der Waals surface area contributed by atoms with Crippen molar-refractivity contribution >= 4 is 28.3 Å². The van der Waals surface area contributed by atoms with Crippen LogP contribution in [-0.2, 0) is 4.79 Å². The summed E-state index contributed by atoms with van der Waals surface area (Å²) in [6.07, 6.45) is 4.38. The number of halogens is 2. The summed E-state index contributed by atoms with van der Waals surface area (Å²) in [4.78, 5) is 26.2. The highest BCUT2D eigenvalue weighted by Gasteiger charge is 2.46. The van der Waals surface area contributed by atoms with Crippen molar-refractivity contribution in [1.29, 1.82) is 0 Å². The van der Waals surface area contributed by atoms with Gasteiger partial charge >= 0.3 is 0 Å². The first-order chi connectivity index (χ1) is 12.5. The number of hydrogen-bond acceptors (Lipinski definition) is 5. The van der Waals surface area contributed by atoms with Crippen molar-refractivity contribution in [3.63, 3.8) is 0 Å². The number of nitrogens with one attached hydrogen (secondary N) is 1. The molecule has 1 aliphatic rings. The number of aromatic nitrogens is 3. The zero-order chi connectivity index (χ0) is 18.1. The molecule has 26 heavy (non-hydrogen) atoms. The van der Waals surface area contributed by atoms with Crippen LogP contribution in [0.5, 0.6) is 0 Å². The van der Waals surface area contributed by atoms with E-state index in [-0.39, 0.29) is 13.0 Å². The Morgan fingerprint density at radius 3 is 2.96 bits per heavy atom. The van der Waals surface area contributed by atoms with Crippen molar-refractivity contribution in [2.45, 2.75) is 12.1 Å². The predicted molar refractivity (Wildman–Crippen MR) is 93.0 cm³/mol. The number of nitrogens with zero attached hydrogens (tertiary/aromatic N) is 4. The Hall–Kier alpha value is -3.16. The van der Waals surface area contributed by atoms with Crippen LogP contribution in [0.3, 0.4) is 0 Å². The fourth-order valence-corrected chi connectivity index (χ4v) is 3.09. The summed E-state index contributed by atoms with van der Waals surface area (Å²) in [5, 5.41) is 3.04. The van der Waals surface area contributed by atoms with Crippen molar-refractivity contribution in [2.75, 3.05) is 23.3 Å². The second kappa shape index (κ2) is 6.29. The smallest absolute Gasteiger partial charge is 0.264 e. The quantitative estimate of drug-likeness (QED) is 0.782. The van der Waals surface area contributed by atoms with E-state index in [0.717, 1.165) is 0 Å². The van der Waals surface area contributed by atoms with Crippen molar-refractivity contribution in [3.05, 3.63) is 54.9 Å². The number of carbonyl (C=O) groups is 1. The molecule has 1 aliphatic heterocycles. The molecule has 3 aromatic rings. The molecule has 0 aliphatic carbocycles. The van der Waals surface area contributed by atoms with E-state index in [2.05, 4.69) is 20.3 Å². The molecular formula is C18H15F2N5O. The normalized spacial score (nSPS) is 19.7. The Morgan fingerprint density at radius 2 is 2.15 bits per heavy atom. The molecule has 4 rings (SSSR count). The maximum atomic E-state index is 15.2. The average Bonchev–Trinajstić information content (AvgIpc) is 3.05. The van der Waals surface area contributed by atoms with Crippen LogP contribution in [0.4, 0.5) is 20.3 Å². The van der Waals surface area contributed by atoms with Crippen LogP contribution in [0.2, 0.25) is 0 Å². The molecule has 1 N–H and O–H groups in total. The molecule has 3 heterocycles. The van der Waals surface area contributed by atoms with Crippen LogP contribution in [-0.4, -0.2) is 39.6 Å². The SMILES string of the molecule is O=C(Nc1cccnc1)C1(F)CCN(c2ncnc3ccc(F)cc23)C1. The largest absolute Gasteiger partial charge is 0.352 e. The molecule has 1 amide bonds. The number of amides is 1. The van der Waals surface area contributed by atoms with Crippen LogP contribution >= 0.6 is 0 Å². The molecule has 1 unspecified atom stereocenters. The van der Waals surface area contributed by atoms with Gasteiger partial charge in [-0.1, -0.05) is 0 Å². The molecule has 1 saturated heterocycles. The van der Waals surface area contributed by atoms with Crippen molar-refractivity contribution in [2.24, 2.45) is 0 Å². The molecular weight excluding hydrogens is 340 g/mol. The van der Waals surface area contributed by atoms with E-state index in [1.54, 1.807) is 29.3 Å². The molecule has 132 valence electrons. The lowest BCUT2D eigenvalue weighted by molar-refractivity contribution is -0.126. The third-order valence-corrected chi connectivity index (χ3v) is 4.42. The monoisotopic (exact) mass is 355 g/mol. The lowest BCUT2D eigenvalue weighted by Gasteiger charge is -2.21. The Labute approximate surface area is 147 Å². The molecule has 0 bridgehead atoms. The highest BCUT2D eigenvalue weighted by Crippen LogP contribution is 2.33. The minimum atomic E-state index is -2.07. The van der Waals surface area contributed by atoms with Crippen molar-refractivity contribution in [1.82, 2.24) is 15.0 Å². The maximum Gasteiger partial charge on any atom is 0.264 e. The van der Waals surface area contributed by atoms with E-state index in [4.69, 9.17) is 0 Å². The van der Waals surface area contributed by atoms with E-state index in [1.165, 1.54) is 24.7 Å². The summed E-state index contributed by atoms with van der Waals surface area (Å²) in [5.74, 6) is -0.727. The molecule has 6 nitrogen and oxygen atoms in total. The van der Waals surface area contributed by atoms with Gasteiger partial charge in [0.05, 0.1) is 23.9 Å². The minimum absolute atomic E-state index is 0.0138. The van der Waals surface area contributed by atoms with Crippen LogP contribution in [0, 0.1) is 5.82 Å². The Kier molecular flexibility index (Phi) is 3.95. The third-order valence-electron chi connectivity index (χ3n) is 4.42. The average molecular weight is 355 g/mol. The van der Waals surface area contributed by atoms with Gasteiger partial charge in [0.1, 0.15) is 18.0 Å². The van der Waals surface area contributed by atoms with Gasteiger partial charge in [-0.25, -0.2) is 18.7 Å². The number of carbonyl (C=O) groups excluding carboxylic acids is 1. The Bertz CT molecular complexity index is 968. The summed E-state index contributed by atoms with van der Waals surface area (Å²) in [6.45, 7) is 0.126. The Balaban J connectivity index is 1.58. The number of fused-ring (bicyclic) bond motifs is 1. The summed E-state index contributed by atoms with van der Waals surface area (Å²) in [5.41, 5.74) is -1.07. The molecule has 0 radical (unpaired) electrons. The van der Waals surface area contributed by atoms with Gasteiger partial charge in [0.15, 0.2) is 0 Å². The Morgan fingerprint density at radius 1 is 1.27 bits per heavy atom. The third kappa shape index (κ3) is 2.94. The number of benzene rings is 1. The molecule has 0 spiro atoms. The zero-order valence-electron chi connectivity index (χ0n) is 13.7. The van der Waals surface area contributed by atoms with Gasteiger partial charge in [0, 0.05) is 24.5 Å². The fourth-order valence-electron chi connectivity index (χ4n) is 3.09. The number of hydrogen-bond donors (Lipinski definition) is 1. The molecule has 1 atom stereocenters. The first-order valence-electron chi connectivity index (χ1n) is 8.11. The second-order valence-electron chi connectivity index (χ2n) is 6.19. The van der Waals surface area contributed by atoms with E-state index >= 15 is 4.39 Å². The summed E-state index contributed by atoms with van der Waals surface area (Å²) in [7, 11) is 0. The van der Waals surface area contributed by atoms with E-state index in [1.807, 2.05) is 0 Å². The van der Waals surface area contributed by atoms with E-state index < -0.39 is 17.4 Å². The first kappa shape index (κ1) is 16.3. The molecule has 0 saturated carbocycles. The summed E-state index contributed by atoms with van der Waals surface area (Å²) in [6, 6.07) is 7.47. The van der Waals surface area contributed by atoms with E-state index in [9.17, 15) is 9.18 Å². The lowest BCUT2D eigenvalue weighted by atomic mass is 10.0. The molecule has 1 fully saturated rings. The predicted octanol–water partition coefficient (Wildman–Crippen LogP) is 2.72.